The Kier molecular flexibility index (Phi) is 5.56. The van der Waals surface area contributed by atoms with Crippen LogP contribution in [0.5, 0.6) is 0 Å². The standard InChI is InChI=1S/C13H17ClFNO2/c1-9(2)16(6-3-7-17)13(18)10-4-5-11(14)12(15)8-10/h4-5,8-9,17H,3,6-7H2,1-2H3. The van der Waals surface area contributed by atoms with Gasteiger partial charge in [-0.15, -0.1) is 0 Å². The fraction of sp³-hybridized carbons (Fsp3) is 0.462. The van der Waals surface area contributed by atoms with E-state index in [-0.39, 0.29) is 29.1 Å². The first-order valence-corrected chi connectivity index (χ1v) is 6.22. The van der Waals surface area contributed by atoms with Crippen molar-refractivity contribution in [3.05, 3.63) is 34.6 Å². The van der Waals surface area contributed by atoms with E-state index in [1.165, 1.54) is 12.1 Å². The first-order chi connectivity index (χ1) is 8.47. The number of hydrogen-bond donors (Lipinski definition) is 1. The Bertz CT molecular complexity index is 423. The Morgan fingerprint density at radius 3 is 2.67 bits per heavy atom. The largest absolute Gasteiger partial charge is 0.396 e. The molecule has 0 saturated heterocycles. The highest BCUT2D eigenvalue weighted by Crippen LogP contribution is 2.17. The van der Waals surface area contributed by atoms with E-state index < -0.39 is 5.82 Å². The minimum atomic E-state index is -0.603. The lowest BCUT2D eigenvalue weighted by molar-refractivity contribution is 0.0692. The van der Waals surface area contributed by atoms with Crippen molar-refractivity contribution in [1.29, 1.82) is 0 Å². The molecule has 0 radical (unpaired) electrons. The number of aliphatic hydroxyl groups excluding tert-OH is 1. The summed E-state index contributed by atoms with van der Waals surface area (Å²) >= 11 is 5.58. The van der Waals surface area contributed by atoms with Crippen LogP contribution in [0.1, 0.15) is 30.6 Å². The van der Waals surface area contributed by atoms with Gasteiger partial charge in [-0.05, 0) is 38.5 Å². The van der Waals surface area contributed by atoms with Crippen LogP contribution in [0.4, 0.5) is 4.39 Å². The summed E-state index contributed by atoms with van der Waals surface area (Å²) in [5.41, 5.74) is 0.267. The normalized spacial score (nSPS) is 10.8. The van der Waals surface area contributed by atoms with Gasteiger partial charge < -0.3 is 10.0 Å². The molecule has 0 aliphatic rings. The van der Waals surface area contributed by atoms with E-state index in [1.807, 2.05) is 13.8 Å². The molecule has 0 atom stereocenters. The van der Waals surface area contributed by atoms with Gasteiger partial charge in [-0.25, -0.2) is 4.39 Å². The second-order valence-corrected chi connectivity index (χ2v) is 4.71. The van der Waals surface area contributed by atoms with Crippen molar-refractivity contribution in [3.63, 3.8) is 0 Å². The highest BCUT2D eigenvalue weighted by Gasteiger charge is 2.19. The van der Waals surface area contributed by atoms with Crippen LogP contribution in [-0.4, -0.2) is 35.1 Å². The van der Waals surface area contributed by atoms with Gasteiger partial charge >= 0.3 is 0 Å². The topological polar surface area (TPSA) is 40.5 Å². The van der Waals surface area contributed by atoms with Crippen molar-refractivity contribution in [3.8, 4) is 0 Å². The van der Waals surface area contributed by atoms with Crippen LogP contribution in [0.25, 0.3) is 0 Å². The smallest absolute Gasteiger partial charge is 0.254 e. The Balaban J connectivity index is 2.91. The van der Waals surface area contributed by atoms with Gasteiger partial charge in [0.1, 0.15) is 5.82 Å². The van der Waals surface area contributed by atoms with Crippen molar-refractivity contribution in [1.82, 2.24) is 4.90 Å². The number of hydrogen-bond acceptors (Lipinski definition) is 2. The number of nitrogens with zero attached hydrogens (tertiary/aromatic N) is 1. The average Bonchev–Trinajstić information content (AvgIpc) is 2.32. The maximum absolute atomic E-state index is 13.3. The Morgan fingerprint density at radius 1 is 1.50 bits per heavy atom. The molecule has 1 rings (SSSR count). The molecule has 5 heteroatoms. The Morgan fingerprint density at radius 2 is 2.17 bits per heavy atom. The van der Waals surface area contributed by atoms with Gasteiger partial charge in [0.15, 0.2) is 0 Å². The van der Waals surface area contributed by atoms with Gasteiger partial charge in [0.25, 0.3) is 5.91 Å². The van der Waals surface area contributed by atoms with Crippen LogP contribution in [0.3, 0.4) is 0 Å². The van der Waals surface area contributed by atoms with Gasteiger partial charge in [-0.3, -0.25) is 4.79 Å². The minimum Gasteiger partial charge on any atom is -0.396 e. The predicted octanol–water partition coefficient (Wildman–Crippen LogP) is 2.71. The third kappa shape index (κ3) is 3.68. The summed E-state index contributed by atoms with van der Waals surface area (Å²) in [6, 6.07) is 4.00. The van der Waals surface area contributed by atoms with E-state index in [0.29, 0.717) is 13.0 Å². The summed E-state index contributed by atoms with van der Waals surface area (Å²) in [6.45, 7) is 4.21. The van der Waals surface area contributed by atoms with Crippen LogP contribution in [0.2, 0.25) is 5.02 Å². The van der Waals surface area contributed by atoms with Gasteiger partial charge in [0.2, 0.25) is 0 Å². The van der Waals surface area contributed by atoms with Crippen molar-refractivity contribution in [2.75, 3.05) is 13.2 Å². The van der Waals surface area contributed by atoms with Crippen molar-refractivity contribution in [2.45, 2.75) is 26.3 Å². The quantitative estimate of drug-likeness (QED) is 0.896. The maximum atomic E-state index is 13.3. The molecule has 0 aromatic heterocycles. The number of carbonyl (C=O) groups excluding carboxylic acids is 1. The first-order valence-electron chi connectivity index (χ1n) is 5.84. The Labute approximate surface area is 111 Å². The van der Waals surface area contributed by atoms with Gasteiger partial charge in [0, 0.05) is 24.8 Å². The summed E-state index contributed by atoms with van der Waals surface area (Å²) in [5.74, 6) is -0.859. The second kappa shape index (κ2) is 6.71. The van der Waals surface area contributed by atoms with E-state index in [0.717, 1.165) is 6.07 Å². The lowest BCUT2D eigenvalue weighted by atomic mass is 10.1. The predicted molar refractivity (Wildman–Crippen MR) is 69.3 cm³/mol. The molecule has 1 aromatic carbocycles. The summed E-state index contributed by atoms with van der Waals surface area (Å²) < 4.78 is 13.3. The van der Waals surface area contributed by atoms with Crippen LogP contribution in [-0.2, 0) is 0 Å². The number of benzene rings is 1. The SMILES string of the molecule is CC(C)N(CCCO)C(=O)c1ccc(Cl)c(F)c1. The molecule has 0 fully saturated rings. The summed E-state index contributed by atoms with van der Waals surface area (Å²) in [7, 11) is 0. The first kappa shape index (κ1) is 14.9. The summed E-state index contributed by atoms with van der Waals surface area (Å²) in [5, 5.41) is 8.81. The number of carbonyl (C=O) groups is 1. The van der Waals surface area contributed by atoms with Crippen molar-refractivity contribution >= 4 is 17.5 Å². The van der Waals surface area contributed by atoms with Crippen LogP contribution in [0, 0.1) is 5.82 Å². The third-order valence-electron chi connectivity index (χ3n) is 2.61. The molecular formula is C13H17ClFNO2. The van der Waals surface area contributed by atoms with Gasteiger partial charge in [-0.1, -0.05) is 11.6 Å². The lowest BCUT2D eigenvalue weighted by Gasteiger charge is -2.26. The Hall–Kier alpha value is -1.13. The number of rotatable bonds is 5. The summed E-state index contributed by atoms with van der Waals surface area (Å²) in [6.07, 6.45) is 0.500. The van der Waals surface area contributed by atoms with Crippen molar-refractivity contribution in [2.24, 2.45) is 0 Å². The monoisotopic (exact) mass is 273 g/mol. The lowest BCUT2D eigenvalue weighted by Crippen LogP contribution is -2.38. The van der Waals surface area contributed by atoms with E-state index in [4.69, 9.17) is 16.7 Å². The molecular weight excluding hydrogens is 257 g/mol. The van der Waals surface area contributed by atoms with Gasteiger partial charge in [-0.2, -0.15) is 0 Å². The molecule has 1 aromatic rings. The van der Waals surface area contributed by atoms with Crippen LogP contribution in [0.15, 0.2) is 18.2 Å². The third-order valence-corrected chi connectivity index (χ3v) is 2.91. The summed E-state index contributed by atoms with van der Waals surface area (Å²) in [4.78, 5) is 13.8. The highest BCUT2D eigenvalue weighted by atomic mass is 35.5. The zero-order valence-corrected chi connectivity index (χ0v) is 11.2. The molecule has 0 aliphatic heterocycles. The highest BCUT2D eigenvalue weighted by molar-refractivity contribution is 6.30. The molecule has 1 amide bonds. The van der Waals surface area contributed by atoms with Crippen LogP contribution < -0.4 is 0 Å². The molecule has 0 bridgehead atoms. The van der Waals surface area contributed by atoms with Crippen LogP contribution >= 0.6 is 11.6 Å². The van der Waals surface area contributed by atoms with Gasteiger partial charge in [0.05, 0.1) is 5.02 Å². The molecule has 1 N–H and O–H groups in total. The fourth-order valence-electron chi connectivity index (χ4n) is 1.63. The molecule has 18 heavy (non-hydrogen) atoms. The zero-order chi connectivity index (χ0) is 13.7. The van der Waals surface area contributed by atoms with E-state index >= 15 is 0 Å². The number of halogens is 2. The molecule has 0 unspecified atom stereocenters. The fourth-order valence-corrected chi connectivity index (χ4v) is 1.75. The molecule has 100 valence electrons. The maximum Gasteiger partial charge on any atom is 0.254 e. The molecule has 0 aliphatic carbocycles. The van der Waals surface area contributed by atoms with E-state index in [1.54, 1.807) is 4.90 Å². The average molecular weight is 274 g/mol. The number of amides is 1. The molecule has 0 spiro atoms. The number of aliphatic hydroxyl groups is 1. The molecule has 0 saturated carbocycles. The zero-order valence-electron chi connectivity index (χ0n) is 10.5. The molecule has 0 heterocycles. The van der Waals surface area contributed by atoms with E-state index in [2.05, 4.69) is 0 Å². The van der Waals surface area contributed by atoms with E-state index in [9.17, 15) is 9.18 Å². The van der Waals surface area contributed by atoms with Crippen molar-refractivity contribution < 1.29 is 14.3 Å². The second-order valence-electron chi connectivity index (χ2n) is 4.30. The minimum absolute atomic E-state index is 0.00185. The molecule has 3 nitrogen and oxygen atoms in total.